The van der Waals surface area contributed by atoms with Crippen LogP contribution in [0.3, 0.4) is 0 Å². The van der Waals surface area contributed by atoms with Crippen LogP contribution in [0.25, 0.3) is 0 Å². The second-order valence-corrected chi connectivity index (χ2v) is 3.13. The lowest BCUT2D eigenvalue weighted by molar-refractivity contribution is 0.413. The van der Waals surface area contributed by atoms with Gasteiger partial charge >= 0.3 is 0 Å². The van der Waals surface area contributed by atoms with E-state index in [9.17, 15) is 0 Å². The van der Waals surface area contributed by atoms with Crippen LogP contribution in [0.5, 0.6) is 5.75 Å². The Morgan fingerprint density at radius 1 is 1.55 bits per heavy atom. The topological polar surface area (TPSA) is 47.3 Å². The molecule has 0 aliphatic heterocycles. The first-order chi connectivity index (χ1) is 5.29. The Hall–Kier alpha value is -0.490. The minimum atomic E-state index is 0.788. The first-order valence-corrected chi connectivity index (χ1v) is 4.16. The standard InChI is InChI=1S/C7H9IN2O/c1-11-7-5(8)3-2-4-6(7)10-9/h2-4,10H,9H2,1H3. The highest BCUT2D eigenvalue weighted by Crippen LogP contribution is 2.28. The highest BCUT2D eigenvalue weighted by molar-refractivity contribution is 14.1. The van der Waals surface area contributed by atoms with Crippen LogP contribution >= 0.6 is 22.6 Å². The van der Waals surface area contributed by atoms with Gasteiger partial charge in [0.05, 0.1) is 16.4 Å². The summed E-state index contributed by atoms with van der Waals surface area (Å²) in [5.41, 5.74) is 3.36. The molecule has 3 nitrogen and oxygen atoms in total. The van der Waals surface area contributed by atoms with Gasteiger partial charge in [-0.25, -0.2) is 0 Å². The summed E-state index contributed by atoms with van der Waals surface area (Å²) in [6.07, 6.45) is 0. The molecule has 60 valence electrons. The van der Waals surface area contributed by atoms with E-state index in [0.29, 0.717) is 0 Å². The zero-order valence-corrected chi connectivity index (χ0v) is 8.25. The molecule has 1 aromatic rings. The molecular formula is C7H9IN2O. The van der Waals surface area contributed by atoms with E-state index in [1.54, 1.807) is 7.11 Å². The van der Waals surface area contributed by atoms with Crippen LogP contribution in [-0.4, -0.2) is 7.11 Å². The fourth-order valence-corrected chi connectivity index (χ4v) is 1.55. The van der Waals surface area contributed by atoms with Crippen LogP contribution in [0, 0.1) is 3.57 Å². The summed E-state index contributed by atoms with van der Waals surface area (Å²) >= 11 is 2.19. The molecule has 0 saturated carbocycles. The molecule has 3 N–H and O–H groups in total. The molecule has 1 aromatic carbocycles. The number of nitrogen functional groups attached to an aromatic ring is 1. The molecule has 0 fully saturated rings. The van der Waals surface area contributed by atoms with Crippen LogP contribution < -0.4 is 16.0 Å². The fourth-order valence-electron chi connectivity index (χ4n) is 0.830. The second kappa shape index (κ2) is 3.77. The number of hydrogen-bond donors (Lipinski definition) is 2. The summed E-state index contributed by atoms with van der Waals surface area (Å²) in [5, 5.41) is 0. The lowest BCUT2D eigenvalue weighted by Gasteiger charge is -2.08. The Labute approximate surface area is 79.0 Å². The summed E-state index contributed by atoms with van der Waals surface area (Å²) in [7, 11) is 1.62. The van der Waals surface area contributed by atoms with Crippen molar-refractivity contribution in [3.63, 3.8) is 0 Å². The van der Waals surface area contributed by atoms with Crippen LogP contribution in [0.2, 0.25) is 0 Å². The van der Waals surface area contributed by atoms with E-state index in [4.69, 9.17) is 10.6 Å². The molecule has 0 bridgehead atoms. The van der Waals surface area contributed by atoms with Gasteiger partial charge < -0.3 is 10.2 Å². The first-order valence-electron chi connectivity index (χ1n) is 3.08. The van der Waals surface area contributed by atoms with Gasteiger partial charge in [-0.3, -0.25) is 5.84 Å². The Bertz CT molecular complexity index is 252. The molecule has 0 radical (unpaired) electrons. The maximum atomic E-state index is 5.26. The van der Waals surface area contributed by atoms with Gasteiger partial charge in [0.15, 0.2) is 5.75 Å². The van der Waals surface area contributed by atoms with E-state index in [-0.39, 0.29) is 0 Å². The molecule has 0 aliphatic rings. The van der Waals surface area contributed by atoms with Crippen LogP contribution in [0.4, 0.5) is 5.69 Å². The number of nitrogens with two attached hydrogens (primary N) is 1. The van der Waals surface area contributed by atoms with Gasteiger partial charge in [0, 0.05) is 0 Å². The van der Waals surface area contributed by atoms with Gasteiger partial charge in [0.25, 0.3) is 0 Å². The molecule has 0 atom stereocenters. The fraction of sp³-hybridized carbons (Fsp3) is 0.143. The van der Waals surface area contributed by atoms with Crippen molar-refractivity contribution in [1.29, 1.82) is 0 Å². The Balaban J connectivity index is 3.13. The summed E-state index contributed by atoms with van der Waals surface area (Å²) in [5.74, 6) is 6.05. The number of benzene rings is 1. The highest BCUT2D eigenvalue weighted by atomic mass is 127. The predicted octanol–water partition coefficient (Wildman–Crippen LogP) is 1.59. The van der Waals surface area contributed by atoms with Crippen molar-refractivity contribution in [2.45, 2.75) is 0 Å². The maximum Gasteiger partial charge on any atom is 0.156 e. The van der Waals surface area contributed by atoms with E-state index in [2.05, 4.69) is 28.0 Å². The monoisotopic (exact) mass is 264 g/mol. The van der Waals surface area contributed by atoms with Gasteiger partial charge in [-0.15, -0.1) is 0 Å². The normalized spacial score (nSPS) is 9.36. The molecule has 0 aliphatic carbocycles. The average Bonchev–Trinajstić information content (AvgIpc) is 2.04. The third-order valence-electron chi connectivity index (χ3n) is 1.33. The SMILES string of the molecule is COc1c(I)cccc1NN. The number of anilines is 1. The third kappa shape index (κ3) is 1.75. The van der Waals surface area contributed by atoms with E-state index >= 15 is 0 Å². The number of hydrazine groups is 1. The number of ether oxygens (including phenoxy) is 1. The molecule has 0 aromatic heterocycles. The van der Waals surface area contributed by atoms with Gasteiger partial charge in [-0.2, -0.15) is 0 Å². The van der Waals surface area contributed by atoms with Crippen molar-refractivity contribution in [1.82, 2.24) is 0 Å². The van der Waals surface area contributed by atoms with E-state index < -0.39 is 0 Å². The van der Waals surface area contributed by atoms with Crippen LogP contribution in [-0.2, 0) is 0 Å². The molecular weight excluding hydrogens is 255 g/mol. The Kier molecular flexibility index (Phi) is 2.95. The van der Waals surface area contributed by atoms with Gasteiger partial charge in [0.2, 0.25) is 0 Å². The Morgan fingerprint density at radius 2 is 2.27 bits per heavy atom. The summed E-state index contributed by atoms with van der Waals surface area (Å²) in [6.45, 7) is 0. The van der Waals surface area contributed by atoms with E-state index in [1.807, 2.05) is 18.2 Å². The quantitative estimate of drug-likeness (QED) is 0.484. The van der Waals surface area contributed by atoms with E-state index in [0.717, 1.165) is 15.0 Å². The van der Waals surface area contributed by atoms with Crippen molar-refractivity contribution in [3.8, 4) is 5.75 Å². The minimum Gasteiger partial charge on any atom is -0.493 e. The highest BCUT2D eigenvalue weighted by Gasteiger charge is 2.03. The number of para-hydroxylation sites is 1. The molecule has 0 unspecified atom stereocenters. The zero-order valence-electron chi connectivity index (χ0n) is 6.10. The first kappa shape index (κ1) is 8.61. The molecule has 11 heavy (non-hydrogen) atoms. The lowest BCUT2D eigenvalue weighted by Crippen LogP contribution is -2.08. The van der Waals surface area contributed by atoms with E-state index in [1.165, 1.54) is 0 Å². The number of hydrogen-bond acceptors (Lipinski definition) is 3. The molecule has 0 amide bonds. The van der Waals surface area contributed by atoms with Gasteiger partial charge in [0.1, 0.15) is 0 Å². The number of halogens is 1. The van der Waals surface area contributed by atoms with Crippen molar-refractivity contribution < 1.29 is 4.74 Å². The lowest BCUT2D eigenvalue weighted by atomic mass is 10.3. The summed E-state index contributed by atoms with van der Waals surface area (Å²) < 4.78 is 6.16. The third-order valence-corrected chi connectivity index (χ3v) is 2.18. The smallest absolute Gasteiger partial charge is 0.156 e. The van der Waals surface area contributed by atoms with Crippen LogP contribution in [0.15, 0.2) is 18.2 Å². The second-order valence-electron chi connectivity index (χ2n) is 1.96. The molecule has 0 saturated heterocycles. The average molecular weight is 264 g/mol. The van der Waals surface area contributed by atoms with Crippen LogP contribution in [0.1, 0.15) is 0 Å². The number of nitrogens with one attached hydrogen (secondary N) is 1. The number of methoxy groups -OCH3 is 1. The minimum absolute atomic E-state index is 0.788. The van der Waals surface area contributed by atoms with Crippen molar-refractivity contribution >= 4 is 28.3 Å². The molecule has 4 heteroatoms. The largest absolute Gasteiger partial charge is 0.493 e. The van der Waals surface area contributed by atoms with Gasteiger partial charge in [-0.05, 0) is 34.7 Å². The molecule has 0 heterocycles. The summed E-state index contributed by atoms with van der Waals surface area (Å²) in [6, 6.07) is 5.74. The summed E-state index contributed by atoms with van der Waals surface area (Å²) in [4.78, 5) is 0. The maximum absolute atomic E-state index is 5.26. The van der Waals surface area contributed by atoms with Crippen molar-refractivity contribution in [3.05, 3.63) is 21.8 Å². The number of rotatable bonds is 2. The molecule has 1 rings (SSSR count). The zero-order chi connectivity index (χ0) is 8.27. The van der Waals surface area contributed by atoms with Gasteiger partial charge in [-0.1, -0.05) is 6.07 Å². The van der Waals surface area contributed by atoms with Crippen molar-refractivity contribution in [2.75, 3.05) is 12.5 Å². The molecule has 0 spiro atoms. The predicted molar refractivity (Wildman–Crippen MR) is 53.5 cm³/mol. The Morgan fingerprint density at radius 3 is 2.73 bits per heavy atom. The van der Waals surface area contributed by atoms with Crippen molar-refractivity contribution in [2.24, 2.45) is 5.84 Å².